The van der Waals surface area contributed by atoms with Gasteiger partial charge in [-0.2, -0.15) is 0 Å². The molecule has 3 N–H and O–H groups in total. The number of para-hydroxylation sites is 1. The Hall–Kier alpha value is -1.69. The first kappa shape index (κ1) is 14.7. The molecule has 0 fully saturated rings. The van der Waals surface area contributed by atoms with Gasteiger partial charge in [-0.25, -0.2) is 4.39 Å². The van der Waals surface area contributed by atoms with Crippen molar-refractivity contribution >= 4 is 40.3 Å². The smallest absolute Gasteiger partial charge is 0.175 e. The predicted molar refractivity (Wildman–Crippen MR) is 83.6 cm³/mol. The summed E-state index contributed by atoms with van der Waals surface area (Å²) < 4.78 is 13.3. The van der Waals surface area contributed by atoms with E-state index in [0.29, 0.717) is 16.5 Å². The van der Waals surface area contributed by atoms with E-state index >= 15 is 0 Å². The number of halogens is 2. The average molecular weight is 311 g/mol. The highest BCUT2D eigenvalue weighted by Crippen LogP contribution is 2.19. The maximum atomic E-state index is 13.3. The van der Waals surface area contributed by atoms with Gasteiger partial charge < -0.3 is 15.7 Å². The minimum Gasteiger partial charge on any atom is -0.392 e. The lowest BCUT2D eigenvalue weighted by Gasteiger charge is -2.13. The van der Waals surface area contributed by atoms with E-state index in [1.165, 1.54) is 12.1 Å². The molecule has 2 rings (SSSR count). The molecular formula is C14H12ClFN2OS. The van der Waals surface area contributed by atoms with Crippen molar-refractivity contribution in [3.8, 4) is 0 Å². The number of aliphatic hydroxyl groups excluding tert-OH is 1. The molecule has 0 atom stereocenters. The lowest BCUT2D eigenvalue weighted by Crippen LogP contribution is -2.20. The van der Waals surface area contributed by atoms with E-state index < -0.39 is 5.82 Å². The van der Waals surface area contributed by atoms with Gasteiger partial charge in [-0.15, -0.1) is 0 Å². The van der Waals surface area contributed by atoms with Crippen LogP contribution in [-0.4, -0.2) is 10.2 Å². The van der Waals surface area contributed by atoms with Crippen molar-refractivity contribution in [2.24, 2.45) is 0 Å². The van der Waals surface area contributed by atoms with Gasteiger partial charge in [-0.3, -0.25) is 0 Å². The summed E-state index contributed by atoms with van der Waals surface area (Å²) in [5, 5.41) is 15.4. The molecule has 2 aromatic rings. The second-order valence-electron chi connectivity index (χ2n) is 4.02. The third-order valence-corrected chi connectivity index (χ3v) is 3.12. The second-order valence-corrected chi connectivity index (χ2v) is 4.84. The zero-order valence-electron chi connectivity index (χ0n) is 10.4. The van der Waals surface area contributed by atoms with Crippen molar-refractivity contribution in [1.29, 1.82) is 0 Å². The summed E-state index contributed by atoms with van der Waals surface area (Å²) in [6, 6.07) is 11.6. The van der Waals surface area contributed by atoms with Crippen LogP contribution in [0.1, 0.15) is 5.56 Å². The largest absolute Gasteiger partial charge is 0.392 e. The molecule has 0 radical (unpaired) electrons. The minimum atomic E-state index is -0.518. The van der Waals surface area contributed by atoms with Gasteiger partial charge in [0.25, 0.3) is 0 Å². The fourth-order valence-electron chi connectivity index (χ4n) is 1.64. The Bertz CT molecular complexity index is 636. The zero-order chi connectivity index (χ0) is 14.5. The van der Waals surface area contributed by atoms with E-state index in [1.807, 2.05) is 12.1 Å². The molecule has 2 aromatic carbocycles. The summed E-state index contributed by atoms with van der Waals surface area (Å²) in [5.41, 5.74) is 1.91. The van der Waals surface area contributed by atoms with E-state index in [2.05, 4.69) is 10.6 Å². The van der Waals surface area contributed by atoms with Crippen LogP contribution < -0.4 is 10.6 Å². The van der Waals surface area contributed by atoms with Crippen LogP contribution in [0.2, 0.25) is 5.02 Å². The molecule has 0 amide bonds. The Kier molecular flexibility index (Phi) is 4.89. The Morgan fingerprint density at radius 2 is 1.95 bits per heavy atom. The van der Waals surface area contributed by atoms with E-state index in [1.54, 1.807) is 18.2 Å². The fraction of sp³-hybridized carbons (Fsp3) is 0.0714. The first-order chi connectivity index (χ1) is 9.60. The molecule has 0 saturated carbocycles. The molecule has 0 saturated heterocycles. The van der Waals surface area contributed by atoms with Crippen LogP contribution in [0.25, 0.3) is 0 Å². The van der Waals surface area contributed by atoms with E-state index in [0.717, 1.165) is 5.56 Å². The summed E-state index contributed by atoms with van der Waals surface area (Å²) in [5.74, 6) is -0.518. The Morgan fingerprint density at radius 1 is 1.20 bits per heavy atom. The normalized spacial score (nSPS) is 10.2. The van der Waals surface area contributed by atoms with Gasteiger partial charge in [0.15, 0.2) is 5.11 Å². The number of thiocarbonyl (C=S) groups is 1. The molecular weight excluding hydrogens is 299 g/mol. The first-order valence-electron chi connectivity index (χ1n) is 5.82. The number of hydrogen-bond acceptors (Lipinski definition) is 2. The fourth-order valence-corrected chi connectivity index (χ4v) is 1.98. The van der Waals surface area contributed by atoms with E-state index in [-0.39, 0.29) is 11.6 Å². The summed E-state index contributed by atoms with van der Waals surface area (Å²) >= 11 is 10.7. The maximum absolute atomic E-state index is 13.3. The summed E-state index contributed by atoms with van der Waals surface area (Å²) in [7, 11) is 0. The molecule has 3 nitrogen and oxygen atoms in total. The highest BCUT2D eigenvalue weighted by Gasteiger charge is 2.05. The van der Waals surface area contributed by atoms with Crippen LogP contribution in [-0.2, 0) is 6.61 Å². The third-order valence-electron chi connectivity index (χ3n) is 2.61. The molecule has 0 aliphatic rings. The molecule has 20 heavy (non-hydrogen) atoms. The minimum absolute atomic E-state index is 0.0556. The van der Waals surface area contributed by atoms with Crippen molar-refractivity contribution in [3.05, 3.63) is 58.9 Å². The lowest BCUT2D eigenvalue weighted by molar-refractivity contribution is 0.282. The lowest BCUT2D eigenvalue weighted by atomic mass is 10.2. The Labute approximate surface area is 126 Å². The molecule has 0 heterocycles. The highest BCUT2D eigenvalue weighted by molar-refractivity contribution is 7.80. The number of anilines is 2. The van der Waals surface area contributed by atoms with E-state index in [4.69, 9.17) is 23.8 Å². The van der Waals surface area contributed by atoms with Gasteiger partial charge >= 0.3 is 0 Å². The summed E-state index contributed by atoms with van der Waals surface area (Å²) in [4.78, 5) is 0. The monoisotopic (exact) mass is 310 g/mol. The Morgan fingerprint density at radius 3 is 2.65 bits per heavy atom. The molecule has 0 aromatic heterocycles. The van der Waals surface area contributed by atoms with Gasteiger partial charge in [-0.05, 0) is 36.5 Å². The van der Waals surface area contributed by atoms with Gasteiger partial charge in [0.1, 0.15) is 5.82 Å². The maximum Gasteiger partial charge on any atom is 0.175 e. The standard InChI is InChI=1S/C14H12ClFN2OS/c15-11-6-5-10(7-12(11)16)17-14(20)18-13-4-2-1-3-9(13)8-19/h1-7,19H,8H2,(H2,17,18,20). The Balaban J connectivity index is 2.07. The third kappa shape index (κ3) is 3.66. The van der Waals surface area contributed by atoms with E-state index in [9.17, 15) is 9.50 Å². The highest BCUT2D eigenvalue weighted by atomic mass is 35.5. The molecule has 0 aliphatic carbocycles. The van der Waals surface area contributed by atoms with Crippen molar-refractivity contribution in [2.75, 3.05) is 10.6 Å². The van der Waals surface area contributed by atoms with Gasteiger partial charge in [0.2, 0.25) is 0 Å². The number of nitrogens with one attached hydrogen (secondary N) is 2. The summed E-state index contributed by atoms with van der Waals surface area (Å²) in [6.07, 6.45) is 0. The van der Waals surface area contributed by atoms with Gasteiger partial charge in [-0.1, -0.05) is 29.8 Å². The van der Waals surface area contributed by atoms with Crippen LogP contribution in [0.3, 0.4) is 0 Å². The number of benzene rings is 2. The van der Waals surface area contributed by atoms with Gasteiger partial charge in [0.05, 0.1) is 11.6 Å². The van der Waals surface area contributed by atoms with Crippen molar-refractivity contribution in [1.82, 2.24) is 0 Å². The predicted octanol–water partition coefficient (Wildman–Crippen LogP) is 3.78. The molecule has 0 spiro atoms. The van der Waals surface area contributed by atoms with Crippen LogP contribution in [0.4, 0.5) is 15.8 Å². The number of hydrogen-bond donors (Lipinski definition) is 3. The summed E-state index contributed by atoms with van der Waals surface area (Å²) in [6.45, 7) is -0.0959. The SMILES string of the molecule is OCc1ccccc1NC(=S)Nc1ccc(Cl)c(F)c1. The van der Waals surface area contributed by atoms with Crippen LogP contribution in [0, 0.1) is 5.82 Å². The van der Waals surface area contributed by atoms with Crippen LogP contribution >= 0.6 is 23.8 Å². The second kappa shape index (κ2) is 6.65. The average Bonchev–Trinajstić information content (AvgIpc) is 2.43. The number of rotatable bonds is 3. The molecule has 0 aliphatic heterocycles. The van der Waals surface area contributed by atoms with Crippen LogP contribution in [0.15, 0.2) is 42.5 Å². The van der Waals surface area contributed by atoms with Crippen molar-refractivity contribution < 1.29 is 9.50 Å². The molecule has 0 unspecified atom stereocenters. The molecule has 6 heteroatoms. The quantitative estimate of drug-likeness (QED) is 0.755. The van der Waals surface area contributed by atoms with Crippen molar-refractivity contribution in [3.63, 3.8) is 0 Å². The molecule has 0 bridgehead atoms. The number of aliphatic hydroxyl groups is 1. The topological polar surface area (TPSA) is 44.3 Å². The van der Waals surface area contributed by atoms with Gasteiger partial charge in [0, 0.05) is 16.9 Å². The zero-order valence-corrected chi connectivity index (χ0v) is 11.9. The van der Waals surface area contributed by atoms with Crippen LogP contribution in [0.5, 0.6) is 0 Å². The van der Waals surface area contributed by atoms with Crippen molar-refractivity contribution in [2.45, 2.75) is 6.61 Å². The molecule has 104 valence electrons. The first-order valence-corrected chi connectivity index (χ1v) is 6.60.